The maximum Gasteiger partial charge on any atom is 0.222 e. The quantitative estimate of drug-likeness (QED) is 0.242. The zero-order chi connectivity index (χ0) is 31.6. The van der Waals surface area contributed by atoms with Gasteiger partial charge in [0, 0.05) is 63.5 Å². The Labute approximate surface area is 274 Å². The lowest BCUT2D eigenvalue weighted by molar-refractivity contribution is -0.125. The fourth-order valence-electron chi connectivity index (χ4n) is 6.72. The summed E-state index contributed by atoms with van der Waals surface area (Å²) in [5.74, 6) is 1.64. The van der Waals surface area contributed by atoms with E-state index in [1.54, 1.807) is 7.11 Å². The van der Waals surface area contributed by atoms with Crippen molar-refractivity contribution in [2.75, 3.05) is 58.0 Å². The summed E-state index contributed by atoms with van der Waals surface area (Å²) in [5, 5.41) is 7.56. The number of amides is 1. The Balaban J connectivity index is 1.09. The largest absolute Gasteiger partial charge is 0.479 e. The number of methoxy groups -OCH3 is 1. The molecule has 0 saturated carbocycles. The number of ether oxygens (including phenoxy) is 4. The van der Waals surface area contributed by atoms with Crippen LogP contribution in [0, 0.1) is 11.8 Å². The second-order valence-electron chi connectivity index (χ2n) is 13.3. The van der Waals surface area contributed by atoms with Crippen molar-refractivity contribution < 1.29 is 23.7 Å². The minimum absolute atomic E-state index is 0.0334. The van der Waals surface area contributed by atoms with Crippen LogP contribution in [-0.2, 0) is 31.2 Å². The standard InChI is InChI=1S/C36H52ClN3O5/c1-26(35(41)39-22-27-14-18-43-19-15-27)8-10-31-11-12-32(23-38-31)44-24-28-9-13-34-33(20-28)40(16-5-17-42-3)25-36(2,45-34)29-6-4-7-30(37)21-29/h4,6-7,9,13,20-21,26-27,31-32,38H,5,8,10-12,14-19,22-25H2,1-3H3,(H,39,41)/t26-,31-,32-,36?/m1/s1. The van der Waals surface area contributed by atoms with Gasteiger partial charge >= 0.3 is 0 Å². The Hall–Kier alpha value is -2.36. The molecule has 2 aromatic carbocycles. The van der Waals surface area contributed by atoms with E-state index in [9.17, 15) is 4.79 Å². The van der Waals surface area contributed by atoms with Crippen molar-refractivity contribution in [1.82, 2.24) is 10.6 Å². The van der Waals surface area contributed by atoms with Crippen molar-refractivity contribution in [3.05, 3.63) is 58.6 Å². The lowest BCUT2D eigenvalue weighted by Gasteiger charge is -2.43. The van der Waals surface area contributed by atoms with E-state index in [0.29, 0.717) is 30.2 Å². The number of rotatable bonds is 14. The van der Waals surface area contributed by atoms with Crippen molar-refractivity contribution in [2.24, 2.45) is 11.8 Å². The molecule has 3 aliphatic heterocycles. The van der Waals surface area contributed by atoms with Crippen LogP contribution in [0.2, 0.25) is 5.02 Å². The molecule has 5 rings (SSSR count). The van der Waals surface area contributed by atoms with Crippen LogP contribution in [-0.4, -0.2) is 71.2 Å². The fourth-order valence-corrected chi connectivity index (χ4v) is 6.91. The first-order valence-electron chi connectivity index (χ1n) is 16.9. The van der Waals surface area contributed by atoms with E-state index in [2.05, 4.69) is 46.7 Å². The minimum atomic E-state index is -0.514. The fraction of sp³-hybridized carbons (Fsp3) is 0.639. The molecule has 1 unspecified atom stereocenters. The van der Waals surface area contributed by atoms with Gasteiger partial charge < -0.3 is 34.5 Å². The van der Waals surface area contributed by atoms with Crippen LogP contribution in [0.25, 0.3) is 0 Å². The molecule has 8 nitrogen and oxygen atoms in total. The van der Waals surface area contributed by atoms with Crippen molar-refractivity contribution >= 4 is 23.2 Å². The highest BCUT2D eigenvalue weighted by molar-refractivity contribution is 6.30. The number of fused-ring (bicyclic) bond motifs is 1. The SMILES string of the molecule is COCCCN1CC(C)(c2cccc(Cl)c2)Oc2ccc(CO[C@@H]3CC[C@@H](CC[C@@H](C)C(=O)NCC4CCOCC4)NC3)cc21. The molecule has 2 aromatic rings. The molecular weight excluding hydrogens is 590 g/mol. The van der Waals surface area contributed by atoms with Crippen LogP contribution in [0.15, 0.2) is 42.5 Å². The van der Waals surface area contributed by atoms with Crippen molar-refractivity contribution in [1.29, 1.82) is 0 Å². The van der Waals surface area contributed by atoms with E-state index < -0.39 is 5.60 Å². The maximum absolute atomic E-state index is 12.6. The van der Waals surface area contributed by atoms with Gasteiger partial charge in [-0.3, -0.25) is 4.79 Å². The highest BCUT2D eigenvalue weighted by Crippen LogP contribution is 2.42. The maximum atomic E-state index is 12.6. The van der Waals surface area contributed by atoms with Gasteiger partial charge in [0.1, 0.15) is 11.4 Å². The Morgan fingerprint density at radius 3 is 2.78 bits per heavy atom. The van der Waals surface area contributed by atoms with Gasteiger partial charge in [-0.2, -0.15) is 0 Å². The van der Waals surface area contributed by atoms with Crippen LogP contribution >= 0.6 is 11.6 Å². The number of anilines is 1. The van der Waals surface area contributed by atoms with Crippen LogP contribution < -0.4 is 20.3 Å². The number of nitrogens with zero attached hydrogens (tertiary/aromatic N) is 1. The highest BCUT2D eigenvalue weighted by atomic mass is 35.5. The molecule has 0 aliphatic carbocycles. The Morgan fingerprint density at radius 2 is 2.02 bits per heavy atom. The van der Waals surface area contributed by atoms with Gasteiger partial charge in [0.05, 0.1) is 24.9 Å². The van der Waals surface area contributed by atoms with Gasteiger partial charge in [-0.25, -0.2) is 0 Å². The van der Waals surface area contributed by atoms with Crippen LogP contribution in [0.3, 0.4) is 0 Å². The number of piperidine rings is 1. The molecule has 2 fully saturated rings. The van der Waals surface area contributed by atoms with Gasteiger partial charge in [-0.1, -0.05) is 36.7 Å². The summed E-state index contributed by atoms with van der Waals surface area (Å²) in [6, 6.07) is 14.8. The third-order valence-corrected chi connectivity index (χ3v) is 9.90. The summed E-state index contributed by atoms with van der Waals surface area (Å²) in [4.78, 5) is 15.0. The summed E-state index contributed by atoms with van der Waals surface area (Å²) in [5.41, 5.74) is 2.79. The van der Waals surface area contributed by atoms with Gasteiger partial charge in [-0.15, -0.1) is 0 Å². The number of nitrogens with one attached hydrogen (secondary N) is 2. The van der Waals surface area contributed by atoms with Gasteiger partial charge in [0.2, 0.25) is 5.91 Å². The third kappa shape index (κ3) is 9.58. The second kappa shape index (κ2) is 16.5. The smallest absolute Gasteiger partial charge is 0.222 e. The highest BCUT2D eigenvalue weighted by Gasteiger charge is 2.37. The summed E-state index contributed by atoms with van der Waals surface area (Å²) >= 11 is 6.34. The van der Waals surface area contributed by atoms with E-state index in [1.807, 2.05) is 25.1 Å². The molecule has 1 amide bonds. The topological polar surface area (TPSA) is 81.3 Å². The number of benzene rings is 2. The molecule has 45 heavy (non-hydrogen) atoms. The number of hydrogen-bond donors (Lipinski definition) is 2. The Morgan fingerprint density at radius 1 is 1.18 bits per heavy atom. The molecule has 4 atom stereocenters. The van der Waals surface area contributed by atoms with Gasteiger partial charge in [-0.05, 0) is 93.2 Å². The van der Waals surface area contributed by atoms with Gasteiger partial charge in [0.15, 0.2) is 0 Å². The first-order valence-corrected chi connectivity index (χ1v) is 17.2. The van der Waals surface area contributed by atoms with Crippen molar-refractivity contribution in [3.8, 4) is 5.75 Å². The Bertz CT molecular complexity index is 1230. The molecule has 2 N–H and O–H groups in total. The average Bonchev–Trinajstić information content (AvgIpc) is 3.06. The monoisotopic (exact) mass is 641 g/mol. The molecule has 248 valence electrons. The molecule has 3 aliphatic rings. The van der Waals surface area contributed by atoms with Gasteiger partial charge in [0.25, 0.3) is 0 Å². The zero-order valence-electron chi connectivity index (χ0n) is 27.3. The number of carbonyl (C=O) groups excluding carboxylic acids is 1. The van der Waals surface area contributed by atoms with E-state index >= 15 is 0 Å². The Kier molecular flexibility index (Phi) is 12.4. The second-order valence-corrected chi connectivity index (χ2v) is 13.7. The van der Waals surface area contributed by atoms with E-state index in [1.165, 1.54) is 0 Å². The molecule has 0 bridgehead atoms. The molecular formula is C36H52ClN3O5. The van der Waals surface area contributed by atoms with Crippen LogP contribution in [0.4, 0.5) is 5.69 Å². The number of hydrogen-bond acceptors (Lipinski definition) is 7. The summed E-state index contributed by atoms with van der Waals surface area (Å²) < 4.78 is 23.8. The molecule has 0 aromatic heterocycles. The molecule has 0 radical (unpaired) electrons. The third-order valence-electron chi connectivity index (χ3n) is 9.66. The minimum Gasteiger partial charge on any atom is -0.479 e. The summed E-state index contributed by atoms with van der Waals surface area (Å²) in [7, 11) is 1.75. The predicted molar refractivity (Wildman–Crippen MR) is 179 cm³/mol. The number of carbonyl (C=O) groups is 1. The lowest BCUT2D eigenvalue weighted by Crippen LogP contribution is -2.47. The van der Waals surface area contributed by atoms with Crippen molar-refractivity contribution in [3.63, 3.8) is 0 Å². The molecule has 9 heteroatoms. The lowest BCUT2D eigenvalue weighted by atomic mass is 9.92. The summed E-state index contributed by atoms with van der Waals surface area (Å²) in [6.07, 6.45) is 7.19. The first-order chi connectivity index (χ1) is 21.8. The summed E-state index contributed by atoms with van der Waals surface area (Å²) in [6.45, 7) is 10.3. The normalized spacial score (nSPS) is 24.5. The van der Waals surface area contributed by atoms with E-state index in [0.717, 1.165) is 107 Å². The predicted octanol–water partition coefficient (Wildman–Crippen LogP) is 6.09. The first kappa shape index (κ1) is 34.0. The van der Waals surface area contributed by atoms with Crippen LogP contribution in [0.5, 0.6) is 5.75 Å². The number of halogens is 1. The van der Waals surface area contributed by atoms with E-state index in [4.69, 9.17) is 30.5 Å². The zero-order valence-corrected chi connectivity index (χ0v) is 28.1. The molecule has 3 heterocycles. The van der Waals surface area contributed by atoms with Crippen molar-refractivity contribution in [2.45, 2.75) is 83.1 Å². The molecule has 2 saturated heterocycles. The average molecular weight is 642 g/mol. The van der Waals surface area contributed by atoms with Crippen LogP contribution in [0.1, 0.15) is 69.9 Å². The van der Waals surface area contributed by atoms with E-state index in [-0.39, 0.29) is 17.9 Å². The molecule has 0 spiro atoms.